The van der Waals surface area contributed by atoms with E-state index in [1.807, 2.05) is 60.7 Å². The molecular formula is C27H28O4. The topological polar surface area (TPSA) is 44.8 Å². The van der Waals surface area contributed by atoms with Gasteiger partial charge in [0.1, 0.15) is 12.4 Å². The standard InChI is InChI=1S/C27H28O4/c1-29-26-17-20-7-5-6-10-23(28)14-11-21-12-15-24(27(18-21)31-25(26)16-13-20)30-19-22-8-3-2-4-9-22/h2-4,8-9,12-13,15-18H,5-7,10-11,14,19H2,1H3. The average Bonchev–Trinajstić information content (AvgIpc) is 2.81. The molecule has 4 nitrogen and oxygen atoms in total. The summed E-state index contributed by atoms with van der Waals surface area (Å²) in [5, 5.41) is 0. The molecule has 0 radical (unpaired) electrons. The number of Topliss-reactive ketones (excluding diaryl/α,β-unsaturated/α-hetero) is 1. The van der Waals surface area contributed by atoms with Crippen molar-refractivity contribution in [1.82, 2.24) is 0 Å². The lowest BCUT2D eigenvalue weighted by molar-refractivity contribution is -0.119. The molecule has 0 aromatic heterocycles. The Balaban J connectivity index is 1.65. The molecule has 0 spiro atoms. The first kappa shape index (κ1) is 21.0. The van der Waals surface area contributed by atoms with E-state index in [0.717, 1.165) is 30.4 Å². The van der Waals surface area contributed by atoms with E-state index in [1.54, 1.807) is 7.11 Å². The summed E-state index contributed by atoms with van der Waals surface area (Å²) in [7, 11) is 1.65. The summed E-state index contributed by atoms with van der Waals surface area (Å²) >= 11 is 0. The summed E-state index contributed by atoms with van der Waals surface area (Å²) in [6.07, 6.45) is 4.71. The Bertz CT molecular complexity index is 1030. The number of ketones is 1. The third kappa shape index (κ3) is 5.66. The zero-order valence-electron chi connectivity index (χ0n) is 17.9. The molecule has 3 aromatic carbocycles. The Morgan fingerprint density at radius 1 is 0.774 bits per heavy atom. The highest BCUT2D eigenvalue weighted by Crippen LogP contribution is 2.38. The SMILES string of the molecule is COc1cc2ccc1Oc1cc(ccc1OCc1ccccc1)CCC(=O)CCCC2. The monoisotopic (exact) mass is 416 g/mol. The van der Waals surface area contributed by atoms with E-state index in [1.165, 1.54) is 5.56 Å². The highest BCUT2D eigenvalue weighted by atomic mass is 16.5. The molecule has 2 aliphatic heterocycles. The van der Waals surface area contributed by atoms with E-state index in [-0.39, 0.29) is 0 Å². The fourth-order valence-corrected chi connectivity index (χ4v) is 3.77. The van der Waals surface area contributed by atoms with Crippen LogP contribution in [0.2, 0.25) is 0 Å². The van der Waals surface area contributed by atoms with Crippen molar-refractivity contribution in [1.29, 1.82) is 0 Å². The number of aryl methyl sites for hydroxylation is 2. The minimum Gasteiger partial charge on any atom is -0.493 e. The van der Waals surface area contributed by atoms with Crippen LogP contribution in [0.25, 0.3) is 0 Å². The smallest absolute Gasteiger partial charge is 0.169 e. The van der Waals surface area contributed by atoms with E-state index >= 15 is 0 Å². The third-order valence-electron chi connectivity index (χ3n) is 5.56. The van der Waals surface area contributed by atoms with Gasteiger partial charge < -0.3 is 14.2 Å². The maximum Gasteiger partial charge on any atom is 0.169 e. The number of hydrogen-bond acceptors (Lipinski definition) is 4. The fraction of sp³-hybridized carbons (Fsp3) is 0.296. The first-order valence-corrected chi connectivity index (χ1v) is 10.9. The summed E-state index contributed by atoms with van der Waals surface area (Å²) in [6.45, 7) is 0.450. The Labute approximate surface area is 183 Å². The van der Waals surface area contributed by atoms with E-state index < -0.39 is 0 Å². The molecule has 0 atom stereocenters. The summed E-state index contributed by atoms with van der Waals surface area (Å²) in [5.41, 5.74) is 3.32. The van der Waals surface area contributed by atoms with Gasteiger partial charge in [0.15, 0.2) is 23.0 Å². The fourth-order valence-electron chi connectivity index (χ4n) is 3.77. The van der Waals surface area contributed by atoms with Crippen molar-refractivity contribution in [3.05, 3.63) is 83.4 Å². The summed E-state index contributed by atoms with van der Waals surface area (Å²) in [6, 6.07) is 22.0. The molecule has 5 rings (SSSR count). The minimum atomic E-state index is 0.314. The number of methoxy groups -OCH3 is 1. The van der Waals surface area contributed by atoms with Gasteiger partial charge in [-0.3, -0.25) is 4.79 Å². The lowest BCUT2D eigenvalue weighted by atomic mass is 10.0. The van der Waals surface area contributed by atoms with Crippen molar-refractivity contribution in [2.24, 2.45) is 0 Å². The molecule has 31 heavy (non-hydrogen) atoms. The highest BCUT2D eigenvalue weighted by Gasteiger charge is 2.14. The van der Waals surface area contributed by atoms with Gasteiger partial charge >= 0.3 is 0 Å². The lowest BCUT2D eigenvalue weighted by Gasteiger charge is -2.16. The van der Waals surface area contributed by atoms with Gasteiger partial charge in [-0.05, 0) is 66.6 Å². The van der Waals surface area contributed by atoms with Crippen LogP contribution in [0.3, 0.4) is 0 Å². The van der Waals surface area contributed by atoms with Crippen LogP contribution in [0.15, 0.2) is 66.7 Å². The second-order valence-electron chi connectivity index (χ2n) is 7.89. The van der Waals surface area contributed by atoms with Crippen LogP contribution >= 0.6 is 0 Å². The molecule has 0 N–H and O–H groups in total. The minimum absolute atomic E-state index is 0.314. The first-order chi connectivity index (χ1) is 15.2. The molecule has 0 saturated heterocycles. The lowest BCUT2D eigenvalue weighted by Crippen LogP contribution is -2.01. The molecule has 4 bridgehead atoms. The Hall–Kier alpha value is -3.27. The first-order valence-electron chi connectivity index (χ1n) is 10.9. The highest BCUT2D eigenvalue weighted by molar-refractivity contribution is 5.78. The molecular weight excluding hydrogens is 388 g/mol. The van der Waals surface area contributed by atoms with E-state index in [2.05, 4.69) is 6.07 Å². The van der Waals surface area contributed by atoms with Crippen molar-refractivity contribution in [3.8, 4) is 23.0 Å². The van der Waals surface area contributed by atoms with Gasteiger partial charge in [0, 0.05) is 12.8 Å². The average molecular weight is 417 g/mol. The van der Waals surface area contributed by atoms with E-state index in [0.29, 0.717) is 54.7 Å². The Morgan fingerprint density at radius 2 is 1.55 bits per heavy atom. The van der Waals surface area contributed by atoms with E-state index in [9.17, 15) is 4.79 Å². The van der Waals surface area contributed by atoms with Gasteiger partial charge in [0.05, 0.1) is 7.11 Å². The predicted molar refractivity (Wildman–Crippen MR) is 121 cm³/mol. The van der Waals surface area contributed by atoms with Crippen LogP contribution in [-0.4, -0.2) is 12.9 Å². The van der Waals surface area contributed by atoms with Gasteiger partial charge in [-0.25, -0.2) is 0 Å². The second-order valence-corrected chi connectivity index (χ2v) is 7.89. The Kier molecular flexibility index (Phi) is 6.88. The number of carbonyl (C=O) groups is 1. The third-order valence-corrected chi connectivity index (χ3v) is 5.56. The van der Waals surface area contributed by atoms with Gasteiger partial charge in [0.2, 0.25) is 0 Å². The van der Waals surface area contributed by atoms with Gasteiger partial charge in [-0.1, -0.05) is 42.5 Å². The van der Waals surface area contributed by atoms with Crippen LogP contribution in [0, 0.1) is 0 Å². The molecule has 4 heteroatoms. The summed E-state index contributed by atoms with van der Waals surface area (Å²) in [5.74, 6) is 2.95. The van der Waals surface area contributed by atoms with Crippen LogP contribution in [0.4, 0.5) is 0 Å². The van der Waals surface area contributed by atoms with Crippen molar-refractivity contribution in [3.63, 3.8) is 0 Å². The van der Waals surface area contributed by atoms with Crippen LogP contribution in [0.1, 0.15) is 42.4 Å². The van der Waals surface area contributed by atoms with Gasteiger partial charge in [0.25, 0.3) is 0 Å². The summed E-state index contributed by atoms with van der Waals surface area (Å²) < 4.78 is 18.0. The van der Waals surface area contributed by atoms with Crippen molar-refractivity contribution >= 4 is 5.78 Å². The molecule has 0 amide bonds. The number of ether oxygens (including phenoxy) is 3. The normalized spacial score (nSPS) is 14.3. The zero-order valence-corrected chi connectivity index (χ0v) is 17.9. The molecule has 0 aliphatic carbocycles. The molecule has 2 aliphatic rings. The summed E-state index contributed by atoms with van der Waals surface area (Å²) in [4.78, 5) is 12.3. The van der Waals surface area contributed by atoms with Crippen LogP contribution < -0.4 is 14.2 Å². The molecule has 160 valence electrons. The molecule has 0 unspecified atom stereocenters. The molecule has 3 aromatic rings. The maximum atomic E-state index is 12.3. The maximum absolute atomic E-state index is 12.3. The number of hydrogen-bond donors (Lipinski definition) is 0. The number of carbonyl (C=O) groups excluding carboxylic acids is 1. The van der Waals surface area contributed by atoms with Crippen molar-refractivity contribution in [2.45, 2.75) is 45.1 Å². The van der Waals surface area contributed by atoms with E-state index in [4.69, 9.17) is 14.2 Å². The van der Waals surface area contributed by atoms with Gasteiger partial charge in [-0.2, -0.15) is 0 Å². The quantitative estimate of drug-likeness (QED) is 0.501. The largest absolute Gasteiger partial charge is 0.493 e. The molecule has 0 fully saturated rings. The zero-order chi connectivity index (χ0) is 21.5. The van der Waals surface area contributed by atoms with Gasteiger partial charge in [-0.15, -0.1) is 0 Å². The second kappa shape index (κ2) is 10.2. The number of fused-ring (bicyclic) bond motifs is 8. The number of rotatable bonds is 4. The number of benzene rings is 3. The predicted octanol–water partition coefficient (Wildman–Crippen LogP) is 6.29. The van der Waals surface area contributed by atoms with Crippen molar-refractivity contribution in [2.75, 3.05) is 7.11 Å². The Morgan fingerprint density at radius 3 is 2.39 bits per heavy atom. The van der Waals surface area contributed by atoms with Crippen molar-refractivity contribution < 1.29 is 19.0 Å². The molecule has 2 heterocycles. The van der Waals surface area contributed by atoms with Crippen LogP contribution in [-0.2, 0) is 24.2 Å². The van der Waals surface area contributed by atoms with Crippen LogP contribution in [0.5, 0.6) is 23.0 Å². The molecule has 0 saturated carbocycles.